The lowest BCUT2D eigenvalue weighted by molar-refractivity contribution is -0.122. The van der Waals surface area contributed by atoms with Gasteiger partial charge in [-0.15, -0.1) is 0 Å². The van der Waals surface area contributed by atoms with E-state index in [1.165, 1.54) is 18.5 Å². The third kappa shape index (κ3) is 4.38. The van der Waals surface area contributed by atoms with Crippen LogP contribution in [-0.4, -0.2) is 31.1 Å². The molecule has 0 aliphatic carbocycles. The Bertz CT molecular complexity index is 452. The number of amides is 1. The summed E-state index contributed by atoms with van der Waals surface area (Å²) in [5.41, 5.74) is 2.26. The smallest absolute Gasteiger partial charge is 0.242 e. The molecule has 116 valence electrons. The van der Waals surface area contributed by atoms with E-state index in [0.29, 0.717) is 0 Å². The van der Waals surface area contributed by atoms with Gasteiger partial charge in [0.2, 0.25) is 5.91 Å². The number of hydrogen-bond acceptors (Lipinski definition) is 3. The highest BCUT2D eigenvalue weighted by molar-refractivity contribution is 5.84. The largest absolute Gasteiger partial charge is 0.374 e. The predicted octanol–water partition coefficient (Wildman–Crippen LogP) is 3.00. The lowest BCUT2D eigenvalue weighted by Gasteiger charge is -2.20. The molecule has 2 unspecified atom stereocenters. The van der Waals surface area contributed by atoms with Crippen LogP contribution in [0.15, 0.2) is 24.3 Å². The zero-order valence-corrected chi connectivity index (χ0v) is 13.4. The van der Waals surface area contributed by atoms with Crippen molar-refractivity contribution >= 4 is 17.3 Å². The van der Waals surface area contributed by atoms with Crippen LogP contribution in [-0.2, 0) is 4.79 Å². The second-order valence-corrected chi connectivity index (χ2v) is 5.92. The zero-order chi connectivity index (χ0) is 15.2. The van der Waals surface area contributed by atoms with Gasteiger partial charge in [0.15, 0.2) is 0 Å². The maximum Gasteiger partial charge on any atom is 0.242 e. The van der Waals surface area contributed by atoms with Crippen LogP contribution in [0.25, 0.3) is 0 Å². The van der Waals surface area contributed by atoms with Crippen LogP contribution in [0.5, 0.6) is 0 Å². The Morgan fingerprint density at radius 3 is 2.38 bits per heavy atom. The van der Waals surface area contributed by atoms with Crippen LogP contribution in [0, 0.1) is 0 Å². The van der Waals surface area contributed by atoms with E-state index in [1.807, 2.05) is 13.8 Å². The van der Waals surface area contributed by atoms with Crippen LogP contribution < -0.4 is 15.5 Å². The number of benzene rings is 1. The van der Waals surface area contributed by atoms with Crippen LogP contribution in [0.3, 0.4) is 0 Å². The standard InChI is InChI=1S/C17H27N3O/c1-4-13(2)18-17(21)14(3)19-15-7-9-16(10-8-15)20-11-5-6-12-20/h7-10,13-14,19H,4-6,11-12H2,1-3H3,(H,18,21). The number of carbonyl (C=O) groups excluding carboxylic acids is 1. The van der Waals surface area contributed by atoms with Gasteiger partial charge in [-0.05, 0) is 57.4 Å². The summed E-state index contributed by atoms with van der Waals surface area (Å²) in [5.74, 6) is 0.0490. The number of anilines is 2. The van der Waals surface area contributed by atoms with Gasteiger partial charge in [0, 0.05) is 30.5 Å². The second-order valence-electron chi connectivity index (χ2n) is 5.92. The molecule has 0 aromatic heterocycles. The Morgan fingerprint density at radius 2 is 1.81 bits per heavy atom. The minimum atomic E-state index is -0.225. The molecule has 4 heteroatoms. The molecule has 0 saturated carbocycles. The van der Waals surface area contributed by atoms with Crippen molar-refractivity contribution in [2.45, 2.75) is 52.1 Å². The third-order valence-electron chi connectivity index (χ3n) is 4.12. The van der Waals surface area contributed by atoms with E-state index in [0.717, 1.165) is 25.2 Å². The van der Waals surface area contributed by atoms with Crippen molar-refractivity contribution in [3.63, 3.8) is 0 Å². The Balaban J connectivity index is 1.88. The molecule has 1 saturated heterocycles. The Labute approximate surface area is 127 Å². The highest BCUT2D eigenvalue weighted by atomic mass is 16.2. The van der Waals surface area contributed by atoms with Crippen LogP contribution >= 0.6 is 0 Å². The van der Waals surface area contributed by atoms with Crippen molar-refractivity contribution in [3.8, 4) is 0 Å². The summed E-state index contributed by atoms with van der Waals surface area (Å²) >= 11 is 0. The molecule has 0 radical (unpaired) electrons. The molecule has 0 bridgehead atoms. The zero-order valence-electron chi connectivity index (χ0n) is 13.4. The highest BCUT2D eigenvalue weighted by Crippen LogP contribution is 2.22. The molecule has 1 amide bonds. The van der Waals surface area contributed by atoms with Crippen LogP contribution in [0.1, 0.15) is 40.0 Å². The summed E-state index contributed by atoms with van der Waals surface area (Å²) in [4.78, 5) is 14.4. The van der Waals surface area contributed by atoms with Crippen molar-refractivity contribution in [1.82, 2.24) is 5.32 Å². The van der Waals surface area contributed by atoms with E-state index in [2.05, 4.69) is 46.7 Å². The third-order valence-corrected chi connectivity index (χ3v) is 4.12. The number of carbonyl (C=O) groups is 1. The normalized spacial score (nSPS) is 17.4. The fourth-order valence-corrected chi connectivity index (χ4v) is 2.53. The lowest BCUT2D eigenvalue weighted by atomic mass is 10.2. The molecular weight excluding hydrogens is 262 g/mol. The Morgan fingerprint density at radius 1 is 1.19 bits per heavy atom. The summed E-state index contributed by atoms with van der Waals surface area (Å²) in [5, 5.41) is 6.25. The molecular formula is C17H27N3O. The SMILES string of the molecule is CCC(C)NC(=O)C(C)Nc1ccc(N2CCCC2)cc1. The van der Waals surface area contributed by atoms with Gasteiger partial charge in [0.05, 0.1) is 0 Å². The van der Waals surface area contributed by atoms with Gasteiger partial charge >= 0.3 is 0 Å². The van der Waals surface area contributed by atoms with E-state index in [9.17, 15) is 4.79 Å². The van der Waals surface area contributed by atoms with Gasteiger partial charge in [-0.3, -0.25) is 4.79 Å². The number of nitrogens with zero attached hydrogens (tertiary/aromatic N) is 1. The first-order valence-corrected chi connectivity index (χ1v) is 8.02. The summed E-state index contributed by atoms with van der Waals surface area (Å²) < 4.78 is 0. The van der Waals surface area contributed by atoms with Gasteiger partial charge < -0.3 is 15.5 Å². The molecule has 2 N–H and O–H groups in total. The predicted molar refractivity (Wildman–Crippen MR) is 88.9 cm³/mol. The first kappa shape index (κ1) is 15.7. The molecule has 1 heterocycles. The quantitative estimate of drug-likeness (QED) is 0.846. The highest BCUT2D eigenvalue weighted by Gasteiger charge is 2.15. The van der Waals surface area contributed by atoms with Crippen LogP contribution in [0.2, 0.25) is 0 Å². The Hall–Kier alpha value is -1.71. The topological polar surface area (TPSA) is 44.4 Å². The van der Waals surface area contributed by atoms with Crippen molar-refractivity contribution in [1.29, 1.82) is 0 Å². The average Bonchev–Trinajstić information content (AvgIpc) is 3.02. The van der Waals surface area contributed by atoms with E-state index in [-0.39, 0.29) is 18.0 Å². The first-order chi connectivity index (χ1) is 10.1. The summed E-state index contributed by atoms with van der Waals surface area (Å²) in [6.07, 6.45) is 3.52. The van der Waals surface area contributed by atoms with Crippen molar-refractivity contribution < 1.29 is 4.79 Å². The molecule has 1 aliphatic rings. The maximum atomic E-state index is 12.0. The average molecular weight is 289 g/mol. The van der Waals surface area contributed by atoms with Crippen molar-refractivity contribution in [2.24, 2.45) is 0 Å². The van der Waals surface area contributed by atoms with Gasteiger partial charge in [-0.25, -0.2) is 0 Å². The van der Waals surface area contributed by atoms with E-state index in [4.69, 9.17) is 0 Å². The number of nitrogens with one attached hydrogen (secondary N) is 2. The van der Waals surface area contributed by atoms with Crippen molar-refractivity contribution in [3.05, 3.63) is 24.3 Å². The first-order valence-electron chi connectivity index (χ1n) is 8.02. The minimum absolute atomic E-state index is 0.0490. The fourth-order valence-electron chi connectivity index (χ4n) is 2.53. The fraction of sp³-hybridized carbons (Fsp3) is 0.588. The van der Waals surface area contributed by atoms with Crippen molar-refractivity contribution in [2.75, 3.05) is 23.3 Å². The van der Waals surface area contributed by atoms with Crippen LogP contribution in [0.4, 0.5) is 11.4 Å². The molecule has 2 atom stereocenters. The molecule has 4 nitrogen and oxygen atoms in total. The minimum Gasteiger partial charge on any atom is -0.374 e. The second kappa shape index (κ2) is 7.34. The molecule has 0 spiro atoms. The van der Waals surface area contributed by atoms with E-state index in [1.54, 1.807) is 0 Å². The van der Waals surface area contributed by atoms with Gasteiger partial charge in [0.25, 0.3) is 0 Å². The number of rotatable bonds is 6. The van der Waals surface area contributed by atoms with E-state index < -0.39 is 0 Å². The van der Waals surface area contributed by atoms with Gasteiger partial charge in [-0.2, -0.15) is 0 Å². The van der Waals surface area contributed by atoms with Gasteiger partial charge in [-0.1, -0.05) is 6.92 Å². The summed E-state index contributed by atoms with van der Waals surface area (Å²) in [6, 6.07) is 8.37. The summed E-state index contributed by atoms with van der Waals surface area (Å²) in [7, 11) is 0. The number of hydrogen-bond donors (Lipinski definition) is 2. The monoisotopic (exact) mass is 289 g/mol. The summed E-state index contributed by atoms with van der Waals surface area (Å²) in [6.45, 7) is 8.29. The molecule has 1 fully saturated rings. The van der Waals surface area contributed by atoms with E-state index >= 15 is 0 Å². The lowest BCUT2D eigenvalue weighted by Crippen LogP contribution is -2.41. The molecule has 1 aromatic carbocycles. The molecule has 1 aliphatic heterocycles. The molecule has 1 aromatic rings. The molecule has 21 heavy (non-hydrogen) atoms. The van der Waals surface area contributed by atoms with Gasteiger partial charge in [0.1, 0.15) is 6.04 Å². The Kier molecular flexibility index (Phi) is 5.48. The molecule has 2 rings (SSSR count). The maximum absolute atomic E-state index is 12.0.